The first-order chi connectivity index (χ1) is 9.29. The van der Waals surface area contributed by atoms with E-state index in [0.717, 1.165) is 29.8 Å². The predicted octanol–water partition coefficient (Wildman–Crippen LogP) is 3.54. The monoisotopic (exact) mass is 276 g/mol. The Hall–Kier alpha value is -1.61. The molecule has 100 valence electrons. The zero-order valence-electron chi connectivity index (χ0n) is 11.0. The zero-order valence-corrected chi connectivity index (χ0v) is 11.7. The molecular weight excluding hydrogens is 260 g/mol. The maximum atomic E-state index is 5.87. The standard InChI is InChI=1S/C15H17ClN2O/c1-12-9-15(14(10-16)11-18-12)19-8-2-3-13-4-6-17-7-5-13/h4-7,9,11H,2-3,8,10H2,1H3. The molecule has 0 aliphatic carbocycles. The quantitative estimate of drug-likeness (QED) is 0.598. The van der Waals surface area contributed by atoms with Gasteiger partial charge < -0.3 is 4.74 Å². The number of aromatic nitrogens is 2. The number of aryl methyl sites for hydroxylation is 2. The van der Waals surface area contributed by atoms with Crippen LogP contribution < -0.4 is 4.74 Å². The molecule has 0 aromatic carbocycles. The first-order valence-corrected chi connectivity index (χ1v) is 6.86. The highest BCUT2D eigenvalue weighted by Gasteiger charge is 2.04. The molecule has 0 fully saturated rings. The van der Waals surface area contributed by atoms with Crippen molar-refractivity contribution in [2.45, 2.75) is 25.6 Å². The first kappa shape index (κ1) is 13.8. The van der Waals surface area contributed by atoms with Crippen LogP contribution in [0.3, 0.4) is 0 Å². The van der Waals surface area contributed by atoms with Crippen molar-refractivity contribution in [3.8, 4) is 5.75 Å². The second kappa shape index (κ2) is 7.10. The molecule has 0 radical (unpaired) electrons. The summed E-state index contributed by atoms with van der Waals surface area (Å²) in [4.78, 5) is 8.22. The molecule has 4 heteroatoms. The fourth-order valence-electron chi connectivity index (χ4n) is 1.81. The normalized spacial score (nSPS) is 10.4. The van der Waals surface area contributed by atoms with E-state index in [-0.39, 0.29) is 0 Å². The number of hydrogen-bond donors (Lipinski definition) is 0. The van der Waals surface area contributed by atoms with Gasteiger partial charge in [-0.25, -0.2) is 0 Å². The maximum absolute atomic E-state index is 5.87. The molecule has 3 nitrogen and oxygen atoms in total. The summed E-state index contributed by atoms with van der Waals surface area (Å²) in [6.45, 7) is 2.62. The fraction of sp³-hybridized carbons (Fsp3) is 0.333. The van der Waals surface area contributed by atoms with Gasteiger partial charge in [-0.2, -0.15) is 0 Å². The second-order valence-electron chi connectivity index (χ2n) is 4.37. The Bertz CT molecular complexity index is 517. The van der Waals surface area contributed by atoms with Gasteiger partial charge in [0.15, 0.2) is 0 Å². The number of ether oxygens (including phenoxy) is 1. The number of pyridine rings is 2. The largest absolute Gasteiger partial charge is 0.493 e. The van der Waals surface area contributed by atoms with Crippen LogP contribution in [0.5, 0.6) is 5.75 Å². The van der Waals surface area contributed by atoms with Gasteiger partial charge in [0.25, 0.3) is 0 Å². The van der Waals surface area contributed by atoms with E-state index in [1.165, 1.54) is 5.56 Å². The van der Waals surface area contributed by atoms with Crippen LogP contribution in [-0.2, 0) is 12.3 Å². The molecule has 0 N–H and O–H groups in total. The molecule has 0 saturated heterocycles. The van der Waals surface area contributed by atoms with Crippen LogP contribution in [0.25, 0.3) is 0 Å². The van der Waals surface area contributed by atoms with E-state index in [1.807, 2.05) is 37.5 Å². The molecule has 0 bridgehead atoms. The van der Waals surface area contributed by atoms with Crippen LogP contribution in [0.4, 0.5) is 0 Å². The number of hydrogen-bond acceptors (Lipinski definition) is 3. The third kappa shape index (κ3) is 4.21. The summed E-state index contributed by atoms with van der Waals surface area (Å²) in [5, 5.41) is 0. The minimum atomic E-state index is 0.424. The molecule has 2 aromatic rings. The van der Waals surface area contributed by atoms with Gasteiger partial charge in [0.05, 0.1) is 12.5 Å². The molecule has 0 aliphatic heterocycles. The molecule has 2 aromatic heterocycles. The van der Waals surface area contributed by atoms with Crippen LogP contribution >= 0.6 is 11.6 Å². The molecule has 0 aliphatic rings. The lowest BCUT2D eigenvalue weighted by Gasteiger charge is -2.10. The lowest BCUT2D eigenvalue weighted by molar-refractivity contribution is 0.308. The molecule has 0 spiro atoms. The van der Waals surface area contributed by atoms with Crippen LogP contribution in [-0.4, -0.2) is 16.6 Å². The summed E-state index contributed by atoms with van der Waals surface area (Å²) >= 11 is 5.87. The molecule has 19 heavy (non-hydrogen) atoms. The van der Waals surface area contributed by atoms with Gasteiger partial charge in [0.1, 0.15) is 5.75 Å². The SMILES string of the molecule is Cc1cc(OCCCc2ccncc2)c(CCl)cn1. The van der Waals surface area contributed by atoms with E-state index < -0.39 is 0 Å². The van der Waals surface area contributed by atoms with Gasteiger partial charge in [-0.05, 0) is 37.5 Å². The maximum Gasteiger partial charge on any atom is 0.127 e. The molecule has 0 atom stereocenters. The van der Waals surface area contributed by atoms with Crippen molar-refractivity contribution < 1.29 is 4.74 Å². The minimum Gasteiger partial charge on any atom is -0.493 e. The third-order valence-corrected chi connectivity index (χ3v) is 3.13. The molecular formula is C15H17ClN2O. The Morgan fingerprint density at radius 3 is 2.79 bits per heavy atom. The van der Waals surface area contributed by atoms with E-state index in [0.29, 0.717) is 12.5 Å². The average molecular weight is 277 g/mol. The van der Waals surface area contributed by atoms with Gasteiger partial charge in [-0.3, -0.25) is 9.97 Å². The lowest BCUT2D eigenvalue weighted by Crippen LogP contribution is -2.02. The summed E-state index contributed by atoms with van der Waals surface area (Å²) in [6.07, 6.45) is 7.36. The van der Waals surface area contributed by atoms with Crippen molar-refractivity contribution in [3.63, 3.8) is 0 Å². The summed E-state index contributed by atoms with van der Waals surface area (Å²) in [7, 11) is 0. The van der Waals surface area contributed by atoms with Crippen LogP contribution in [0.1, 0.15) is 23.2 Å². The Balaban J connectivity index is 1.84. The number of halogens is 1. The molecule has 0 amide bonds. The number of alkyl halides is 1. The number of nitrogens with zero attached hydrogens (tertiary/aromatic N) is 2. The Morgan fingerprint density at radius 2 is 2.05 bits per heavy atom. The zero-order chi connectivity index (χ0) is 13.5. The third-order valence-electron chi connectivity index (χ3n) is 2.84. The highest BCUT2D eigenvalue weighted by Crippen LogP contribution is 2.20. The second-order valence-corrected chi connectivity index (χ2v) is 4.64. The highest BCUT2D eigenvalue weighted by molar-refractivity contribution is 6.17. The van der Waals surface area contributed by atoms with E-state index in [4.69, 9.17) is 16.3 Å². The smallest absolute Gasteiger partial charge is 0.127 e. The van der Waals surface area contributed by atoms with Crippen molar-refractivity contribution in [1.29, 1.82) is 0 Å². The van der Waals surface area contributed by atoms with E-state index >= 15 is 0 Å². The summed E-state index contributed by atoms with van der Waals surface area (Å²) < 4.78 is 5.79. The number of rotatable bonds is 6. The van der Waals surface area contributed by atoms with Gasteiger partial charge in [-0.15, -0.1) is 11.6 Å². The fourth-order valence-corrected chi connectivity index (χ4v) is 2.01. The van der Waals surface area contributed by atoms with Gasteiger partial charge in [-0.1, -0.05) is 0 Å². The summed E-state index contributed by atoms with van der Waals surface area (Å²) in [5.74, 6) is 1.27. The highest BCUT2D eigenvalue weighted by atomic mass is 35.5. The Morgan fingerprint density at radius 1 is 1.26 bits per heavy atom. The van der Waals surface area contributed by atoms with Crippen LogP contribution in [0.15, 0.2) is 36.8 Å². The van der Waals surface area contributed by atoms with Crippen molar-refractivity contribution in [1.82, 2.24) is 9.97 Å². The van der Waals surface area contributed by atoms with Gasteiger partial charge >= 0.3 is 0 Å². The van der Waals surface area contributed by atoms with E-state index in [2.05, 4.69) is 9.97 Å². The van der Waals surface area contributed by atoms with E-state index in [9.17, 15) is 0 Å². The van der Waals surface area contributed by atoms with Gasteiger partial charge in [0.2, 0.25) is 0 Å². The van der Waals surface area contributed by atoms with Gasteiger partial charge in [0, 0.05) is 35.9 Å². The lowest BCUT2D eigenvalue weighted by atomic mass is 10.1. The topological polar surface area (TPSA) is 35.0 Å². The summed E-state index contributed by atoms with van der Waals surface area (Å²) in [5.41, 5.74) is 3.16. The van der Waals surface area contributed by atoms with Crippen molar-refractivity contribution in [3.05, 3.63) is 53.6 Å². The van der Waals surface area contributed by atoms with E-state index in [1.54, 1.807) is 6.20 Å². The van der Waals surface area contributed by atoms with Crippen molar-refractivity contribution >= 4 is 11.6 Å². The average Bonchev–Trinajstić information content (AvgIpc) is 2.45. The molecule has 0 saturated carbocycles. The Kier molecular flexibility index (Phi) is 5.16. The predicted molar refractivity (Wildman–Crippen MR) is 76.6 cm³/mol. The molecule has 0 unspecified atom stereocenters. The van der Waals surface area contributed by atoms with Crippen LogP contribution in [0.2, 0.25) is 0 Å². The molecule has 2 rings (SSSR count). The summed E-state index contributed by atoms with van der Waals surface area (Å²) in [6, 6.07) is 5.99. The van der Waals surface area contributed by atoms with Crippen LogP contribution in [0, 0.1) is 6.92 Å². The molecule has 2 heterocycles. The Labute approximate surface area is 118 Å². The minimum absolute atomic E-state index is 0.424. The van der Waals surface area contributed by atoms with Crippen molar-refractivity contribution in [2.24, 2.45) is 0 Å². The van der Waals surface area contributed by atoms with Crippen molar-refractivity contribution in [2.75, 3.05) is 6.61 Å². The first-order valence-electron chi connectivity index (χ1n) is 6.33.